The predicted octanol–water partition coefficient (Wildman–Crippen LogP) is 6.57. The van der Waals surface area contributed by atoms with E-state index in [0.29, 0.717) is 0 Å². The fourth-order valence-electron chi connectivity index (χ4n) is 4.05. The van der Waals surface area contributed by atoms with Crippen molar-refractivity contribution in [1.82, 2.24) is 0 Å². The summed E-state index contributed by atoms with van der Waals surface area (Å²) in [5.41, 5.74) is 1.70. The van der Waals surface area contributed by atoms with E-state index in [1.165, 1.54) is 10.8 Å². The summed E-state index contributed by atoms with van der Waals surface area (Å²) < 4.78 is 6.67. The molecule has 3 aliphatic rings. The summed E-state index contributed by atoms with van der Waals surface area (Å²) >= 11 is 0. The molecule has 2 heteroatoms. The minimum atomic E-state index is -0.583. The molecular weight excluding hydrogens is 420 g/mol. The molecule has 0 amide bonds. The van der Waals surface area contributed by atoms with E-state index in [-0.39, 0.29) is 17.1 Å². The SMILES string of the molecule is [CH]1[CH][CH][CH][CH]1.[CH]1[CH][CH][C](C2(c3ccccc3)C=Cc3c(ccc4ccccc34)O2)[CH]1.[Fe+2]. The maximum atomic E-state index is 6.67. The zero-order chi connectivity index (χ0) is 20.2. The first kappa shape index (κ1) is 22.2. The minimum absolute atomic E-state index is 0. The molecule has 1 atom stereocenters. The van der Waals surface area contributed by atoms with Crippen molar-refractivity contribution in [2.24, 2.45) is 0 Å². The van der Waals surface area contributed by atoms with Crippen LogP contribution < -0.4 is 4.74 Å². The van der Waals surface area contributed by atoms with Gasteiger partial charge in [0.2, 0.25) is 0 Å². The summed E-state index contributed by atoms with van der Waals surface area (Å²) in [5.74, 6) is 2.07. The van der Waals surface area contributed by atoms with Gasteiger partial charge in [0, 0.05) is 11.5 Å². The number of ether oxygens (including phenoxy) is 1. The van der Waals surface area contributed by atoms with Crippen LogP contribution in [0.25, 0.3) is 16.8 Å². The number of rotatable bonds is 2. The Bertz CT molecular complexity index is 1010. The Hall–Kier alpha value is -2.02. The van der Waals surface area contributed by atoms with Crippen molar-refractivity contribution in [2.75, 3.05) is 0 Å². The molecule has 10 radical (unpaired) electrons. The Morgan fingerprint density at radius 3 is 1.97 bits per heavy atom. The summed E-state index contributed by atoms with van der Waals surface area (Å²) in [5, 5.41) is 2.45. The Morgan fingerprint density at radius 2 is 1.26 bits per heavy atom. The summed E-state index contributed by atoms with van der Waals surface area (Å²) in [6, 6.07) is 23.1. The first-order valence-electron chi connectivity index (χ1n) is 10.2. The van der Waals surface area contributed by atoms with Gasteiger partial charge in [-0.3, -0.25) is 0 Å². The van der Waals surface area contributed by atoms with E-state index in [4.69, 9.17) is 4.74 Å². The van der Waals surface area contributed by atoms with E-state index in [2.05, 4.69) is 98.5 Å². The van der Waals surface area contributed by atoms with E-state index in [1.807, 2.05) is 38.2 Å². The molecule has 1 nitrogen and oxygen atoms in total. The van der Waals surface area contributed by atoms with Gasteiger partial charge in [-0.05, 0) is 86.3 Å². The number of hydrogen-bond acceptors (Lipinski definition) is 1. The molecule has 0 saturated heterocycles. The average molecular weight is 442 g/mol. The summed E-state index contributed by atoms with van der Waals surface area (Å²) in [6.45, 7) is 0. The van der Waals surface area contributed by atoms with Crippen LogP contribution in [0.2, 0.25) is 0 Å². The summed E-state index contributed by atoms with van der Waals surface area (Å²) in [7, 11) is 0. The van der Waals surface area contributed by atoms with Gasteiger partial charge < -0.3 is 4.74 Å². The van der Waals surface area contributed by atoms with Crippen molar-refractivity contribution in [1.29, 1.82) is 0 Å². The van der Waals surface area contributed by atoms with Crippen LogP contribution in [0.3, 0.4) is 0 Å². The van der Waals surface area contributed by atoms with Crippen LogP contribution in [0.15, 0.2) is 72.8 Å². The molecule has 0 bridgehead atoms. The Morgan fingerprint density at radius 1 is 0.613 bits per heavy atom. The molecule has 0 spiro atoms. The molecule has 1 unspecified atom stereocenters. The van der Waals surface area contributed by atoms with E-state index in [1.54, 1.807) is 0 Å². The largest absolute Gasteiger partial charge is 2.00 e. The standard InChI is InChI=1S/C24H17O.C5H5.Fe/c1-2-9-19(10-3-1)24(20-11-5-6-12-20)17-16-22-21-13-7-4-8-18(21)14-15-23(22)25-24;1-2-4-5-3-1;/h1-17H;1-5H;/q;;+2. The molecule has 2 saturated carbocycles. The van der Waals surface area contributed by atoms with Crippen LogP contribution in [-0.2, 0) is 22.7 Å². The van der Waals surface area contributed by atoms with Crippen LogP contribution in [0.1, 0.15) is 11.1 Å². The van der Waals surface area contributed by atoms with Crippen molar-refractivity contribution in [3.63, 3.8) is 0 Å². The normalized spacial score (nSPS) is 22.2. The van der Waals surface area contributed by atoms with E-state index >= 15 is 0 Å². The van der Waals surface area contributed by atoms with E-state index in [0.717, 1.165) is 22.8 Å². The average Bonchev–Trinajstić information content (AvgIpc) is 3.56. The van der Waals surface area contributed by atoms with Gasteiger partial charge in [-0.2, -0.15) is 0 Å². The Kier molecular flexibility index (Phi) is 7.20. The molecule has 3 aromatic rings. The molecule has 2 aliphatic carbocycles. The molecule has 31 heavy (non-hydrogen) atoms. The van der Waals surface area contributed by atoms with E-state index in [9.17, 15) is 0 Å². The van der Waals surface area contributed by atoms with Crippen LogP contribution in [-0.4, -0.2) is 0 Å². The summed E-state index contributed by atoms with van der Waals surface area (Å²) in [6.07, 6.45) is 22.8. The van der Waals surface area contributed by atoms with Gasteiger partial charge >= 0.3 is 17.1 Å². The van der Waals surface area contributed by atoms with Gasteiger partial charge in [0.1, 0.15) is 5.75 Å². The third-order valence-electron chi connectivity index (χ3n) is 5.54. The smallest absolute Gasteiger partial charge is 0.477 e. The van der Waals surface area contributed by atoms with Gasteiger partial charge in [-0.25, -0.2) is 0 Å². The molecule has 3 aromatic carbocycles. The van der Waals surface area contributed by atoms with E-state index < -0.39 is 5.60 Å². The second-order valence-electron chi connectivity index (χ2n) is 7.37. The zero-order valence-electron chi connectivity index (χ0n) is 17.0. The van der Waals surface area contributed by atoms with Crippen molar-refractivity contribution in [3.8, 4) is 5.75 Å². The van der Waals surface area contributed by atoms with Crippen LogP contribution >= 0.6 is 0 Å². The van der Waals surface area contributed by atoms with Gasteiger partial charge in [0.05, 0.1) is 0 Å². The third kappa shape index (κ3) is 4.47. The quantitative estimate of drug-likeness (QED) is 0.408. The molecule has 1 aliphatic heterocycles. The van der Waals surface area contributed by atoms with Gasteiger partial charge in [0.15, 0.2) is 5.60 Å². The Labute approximate surface area is 197 Å². The molecule has 1 heterocycles. The fourth-order valence-corrected chi connectivity index (χ4v) is 4.05. The Balaban J connectivity index is 0.000000342. The first-order chi connectivity index (χ1) is 14.9. The number of benzene rings is 3. The molecule has 2 fully saturated rings. The molecule has 0 aromatic heterocycles. The van der Waals surface area contributed by atoms with Crippen molar-refractivity contribution >= 4 is 16.8 Å². The van der Waals surface area contributed by atoms with Crippen molar-refractivity contribution in [2.45, 2.75) is 5.60 Å². The second kappa shape index (κ2) is 10.1. The van der Waals surface area contributed by atoms with Gasteiger partial charge in [-0.1, -0.05) is 66.7 Å². The van der Waals surface area contributed by atoms with Crippen LogP contribution in [0.4, 0.5) is 0 Å². The molecule has 150 valence electrons. The monoisotopic (exact) mass is 442 g/mol. The molecular formula is C29H22FeO+2. The van der Waals surface area contributed by atoms with Crippen LogP contribution in [0, 0.1) is 63.7 Å². The van der Waals surface area contributed by atoms with Crippen molar-refractivity contribution < 1.29 is 21.8 Å². The number of fused-ring (bicyclic) bond motifs is 3. The maximum Gasteiger partial charge on any atom is 2.00 e. The predicted molar refractivity (Wildman–Crippen MR) is 124 cm³/mol. The minimum Gasteiger partial charge on any atom is -0.477 e. The first-order valence-corrected chi connectivity index (χ1v) is 10.2. The van der Waals surface area contributed by atoms with Crippen molar-refractivity contribution in [3.05, 3.63) is 148 Å². The third-order valence-corrected chi connectivity index (χ3v) is 5.54. The fraction of sp³-hybridized carbons (Fsp3) is 0.0345. The maximum absolute atomic E-state index is 6.67. The topological polar surface area (TPSA) is 9.23 Å². The van der Waals surface area contributed by atoms with Gasteiger partial charge in [0.25, 0.3) is 0 Å². The number of hydrogen-bond donors (Lipinski definition) is 0. The summed E-state index contributed by atoms with van der Waals surface area (Å²) in [4.78, 5) is 0. The second-order valence-corrected chi connectivity index (χ2v) is 7.37. The van der Waals surface area contributed by atoms with Gasteiger partial charge in [-0.15, -0.1) is 0 Å². The molecule has 6 rings (SSSR count). The zero-order valence-corrected chi connectivity index (χ0v) is 18.1. The van der Waals surface area contributed by atoms with Crippen LogP contribution in [0.5, 0.6) is 5.75 Å². The molecule has 0 N–H and O–H groups in total.